The lowest BCUT2D eigenvalue weighted by molar-refractivity contribution is 0.0931. The first-order valence-corrected chi connectivity index (χ1v) is 14.9. The zero-order valence-electron chi connectivity index (χ0n) is 25.2. The van der Waals surface area contributed by atoms with E-state index in [1.165, 1.54) is 16.8 Å². The van der Waals surface area contributed by atoms with Crippen LogP contribution in [0.3, 0.4) is 0 Å². The predicted molar refractivity (Wildman–Crippen MR) is 166 cm³/mol. The monoisotopic (exact) mass is 555 g/mol. The van der Waals surface area contributed by atoms with E-state index < -0.39 is 0 Å². The Hall–Kier alpha value is -3.71. The topological polar surface area (TPSA) is 77.6 Å². The first kappa shape index (κ1) is 30.3. The Morgan fingerprint density at radius 1 is 0.976 bits per heavy atom. The Labute approximate surface area is 245 Å². The van der Waals surface area contributed by atoms with Crippen LogP contribution < -0.4 is 15.5 Å². The fourth-order valence-electron chi connectivity index (χ4n) is 5.61. The van der Waals surface area contributed by atoms with Crippen molar-refractivity contribution in [1.82, 2.24) is 20.5 Å². The van der Waals surface area contributed by atoms with Crippen LogP contribution >= 0.6 is 0 Å². The Balaban J connectivity index is 1.28. The molecule has 0 unspecified atom stereocenters. The average molecular weight is 556 g/mol. The number of likely N-dealkylation sites (tertiary alicyclic amines) is 1. The van der Waals surface area contributed by atoms with Gasteiger partial charge < -0.3 is 20.4 Å². The number of carbonyl (C=O) groups is 2. The molecule has 1 atom stereocenters. The van der Waals surface area contributed by atoms with E-state index in [1.807, 2.05) is 33.2 Å². The molecule has 0 spiro atoms. The van der Waals surface area contributed by atoms with Crippen molar-refractivity contribution in [2.24, 2.45) is 0 Å². The first-order chi connectivity index (χ1) is 19.7. The number of amides is 2. The smallest absolute Gasteiger partial charge is 0.251 e. The summed E-state index contributed by atoms with van der Waals surface area (Å²) in [5.74, 6) is -0.208. The van der Waals surface area contributed by atoms with Gasteiger partial charge in [-0.2, -0.15) is 0 Å². The van der Waals surface area contributed by atoms with Crippen LogP contribution in [0, 0.1) is 13.8 Å². The van der Waals surface area contributed by atoms with Crippen molar-refractivity contribution in [3.05, 3.63) is 94.8 Å². The highest BCUT2D eigenvalue weighted by Crippen LogP contribution is 2.27. The van der Waals surface area contributed by atoms with Gasteiger partial charge in [0.1, 0.15) is 0 Å². The molecule has 1 aliphatic rings. The lowest BCUT2D eigenvalue weighted by Gasteiger charge is -2.42. The van der Waals surface area contributed by atoms with Crippen molar-refractivity contribution < 1.29 is 9.59 Å². The molecule has 2 aromatic carbocycles. The number of carbonyl (C=O) groups excluding carboxylic acids is 2. The molecule has 0 saturated carbocycles. The summed E-state index contributed by atoms with van der Waals surface area (Å²) in [5, 5.41) is 5.98. The Morgan fingerprint density at radius 2 is 1.71 bits per heavy atom. The molecule has 0 aliphatic carbocycles. The fraction of sp³-hybridized carbons (Fsp3) is 0.441. The zero-order valence-corrected chi connectivity index (χ0v) is 25.2. The van der Waals surface area contributed by atoms with Crippen LogP contribution in [0.2, 0.25) is 0 Å². The van der Waals surface area contributed by atoms with E-state index in [4.69, 9.17) is 0 Å². The highest BCUT2D eigenvalue weighted by molar-refractivity contribution is 5.99. The first-order valence-electron chi connectivity index (χ1n) is 14.9. The fourth-order valence-corrected chi connectivity index (χ4v) is 5.61. The highest BCUT2D eigenvalue weighted by Gasteiger charge is 2.27. The Kier molecular flexibility index (Phi) is 10.5. The van der Waals surface area contributed by atoms with Gasteiger partial charge in [-0.3, -0.25) is 14.6 Å². The van der Waals surface area contributed by atoms with Gasteiger partial charge in [0.2, 0.25) is 0 Å². The van der Waals surface area contributed by atoms with Crippen molar-refractivity contribution in [2.75, 3.05) is 24.5 Å². The van der Waals surface area contributed by atoms with Crippen molar-refractivity contribution in [2.45, 2.75) is 78.6 Å². The van der Waals surface area contributed by atoms with Gasteiger partial charge in [-0.15, -0.1) is 0 Å². The maximum atomic E-state index is 12.9. The second-order valence-corrected chi connectivity index (χ2v) is 11.6. The number of aryl methyl sites for hydroxylation is 2. The third-order valence-electron chi connectivity index (χ3n) is 8.14. The van der Waals surface area contributed by atoms with Gasteiger partial charge in [0.15, 0.2) is 0 Å². The molecule has 3 aromatic rings. The zero-order chi connectivity index (χ0) is 29.4. The van der Waals surface area contributed by atoms with Gasteiger partial charge in [-0.1, -0.05) is 18.2 Å². The minimum atomic E-state index is -0.119. The molecule has 0 bridgehead atoms. The van der Waals surface area contributed by atoms with E-state index in [0.29, 0.717) is 29.8 Å². The predicted octanol–water partition coefficient (Wildman–Crippen LogP) is 5.52. The highest BCUT2D eigenvalue weighted by atomic mass is 16.2. The molecule has 2 heterocycles. The standard InChI is InChI=1S/C34H45N5O2/c1-24(2)37-33(40)28-11-12-32(26(4)21-28)34(41)36-18-14-27(5)38-19-15-31(16-20-38)39(30-9-7-6-8-10-30)23-29-22-35-17-13-25(29)3/h6-13,17,21-22,24,27,31H,14-16,18-20,23H2,1-5H3,(H,36,41)(H,37,40)/t27-/m1/s1. The largest absolute Gasteiger partial charge is 0.364 e. The molecule has 1 saturated heterocycles. The van der Waals surface area contributed by atoms with E-state index >= 15 is 0 Å². The van der Waals surface area contributed by atoms with Gasteiger partial charge >= 0.3 is 0 Å². The van der Waals surface area contributed by atoms with Crippen LogP contribution in [0.5, 0.6) is 0 Å². The number of benzene rings is 2. The van der Waals surface area contributed by atoms with E-state index in [9.17, 15) is 9.59 Å². The molecule has 41 heavy (non-hydrogen) atoms. The number of rotatable bonds is 11. The molecule has 1 aliphatic heterocycles. The van der Waals surface area contributed by atoms with Crippen LogP contribution in [-0.2, 0) is 6.54 Å². The summed E-state index contributed by atoms with van der Waals surface area (Å²) in [5.41, 5.74) is 5.80. The number of hydrogen-bond acceptors (Lipinski definition) is 5. The average Bonchev–Trinajstić information content (AvgIpc) is 2.96. The summed E-state index contributed by atoms with van der Waals surface area (Å²) < 4.78 is 0. The summed E-state index contributed by atoms with van der Waals surface area (Å²) in [7, 11) is 0. The van der Waals surface area contributed by atoms with Gasteiger partial charge in [-0.25, -0.2) is 0 Å². The second kappa shape index (κ2) is 14.3. The summed E-state index contributed by atoms with van der Waals surface area (Å²) in [6, 6.07) is 19.0. The van der Waals surface area contributed by atoms with Crippen LogP contribution in [0.4, 0.5) is 5.69 Å². The van der Waals surface area contributed by atoms with Crippen LogP contribution in [0.1, 0.15) is 77.4 Å². The molecule has 1 aromatic heterocycles. The molecule has 2 N–H and O–H groups in total. The van der Waals surface area contributed by atoms with Crippen molar-refractivity contribution in [3.8, 4) is 0 Å². The molecular formula is C34H45N5O2. The number of piperidine rings is 1. The van der Waals surface area contributed by atoms with E-state index in [0.717, 1.165) is 44.5 Å². The van der Waals surface area contributed by atoms with E-state index in [2.05, 4.69) is 75.7 Å². The molecule has 218 valence electrons. The number of pyridine rings is 1. The summed E-state index contributed by atoms with van der Waals surface area (Å²) in [6.45, 7) is 13.7. The molecule has 7 heteroatoms. The molecule has 4 rings (SSSR count). The van der Waals surface area contributed by atoms with Gasteiger partial charge in [0.25, 0.3) is 11.8 Å². The second-order valence-electron chi connectivity index (χ2n) is 11.6. The molecule has 1 fully saturated rings. The number of hydrogen-bond donors (Lipinski definition) is 2. The third-order valence-corrected chi connectivity index (χ3v) is 8.14. The minimum absolute atomic E-state index is 0.0671. The Bertz CT molecular complexity index is 1300. The van der Waals surface area contributed by atoms with Crippen LogP contribution in [0.25, 0.3) is 0 Å². The number of para-hydroxylation sites is 1. The lowest BCUT2D eigenvalue weighted by Crippen LogP contribution is -2.48. The quantitative estimate of drug-likeness (QED) is 0.326. The molecular weight excluding hydrogens is 510 g/mol. The number of nitrogens with one attached hydrogen (secondary N) is 2. The lowest BCUT2D eigenvalue weighted by atomic mass is 9.99. The molecule has 0 radical (unpaired) electrons. The summed E-state index contributed by atoms with van der Waals surface area (Å²) in [4.78, 5) is 34.6. The minimum Gasteiger partial charge on any atom is -0.364 e. The van der Waals surface area contributed by atoms with Crippen molar-refractivity contribution in [1.29, 1.82) is 0 Å². The van der Waals surface area contributed by atoms with Gasteiger partial charge in [0.05, 0.1) is 0 Å². The van der Waals surface area contributed by atoms with E-state index in [1.54, 1.807) is 18.2 Å². The third kappa shape index (κ3) is 8.17. The maximum Gasteiger partial charge on any atom is 0.251 e. The maximum absolute atomic E-state index is 12.9. The summed E-state index contributed by atoms with van der Waals surface area (Å²) in [6.07, 6.45) is 6.94. The SMILES string of the molecule is Cc1ccncc1CN(c1ccccc1)C1CCN([C@H](C)CCNC(=O)c2ccc(C(=O)NC(C)C)cc2C)CC1. The summed E-state index contributed by atoms with van der Waals surface area (Å²) >= 11 is 0. The van der Waals surface area contributed by atoms with Gasteiger partial charge in [-0.05, 0) is 107 Å². The molecule has 2 amide bonds. The van der Waals surface area contributed by atoms with Crippen LogP contribution in [0.15, 0.2) is 67.0 Å². The van der Waals surface area contributed by atoms with E-state index in [-0.39, 0.29) is 17.9 Å². The van der Waals surface area contributed by atoms with Crippen molar-refractivity contribution >= 4 is 17.5 Å². The number of nitrogens with zero attached hydrogens (tertiary/aromatic N) is 3. The van der Waals surface area contributed by atoms with Crippen LogP contribution in [-0.4, -0.2) is 59.5 Å². The molecule has 7 nitrogen and oxygen atoms in total. The Morgan fingerprint density at radius 3 is 2.37 bits per heavy atom. The normalized spacial score (nSPS) is 15.0. The number of anilines is 1. The van der Waals surface area contributed by atoms with Crippen molar-refractivity contribution in [3.63, 3.8) is 0 Å². The van der Waals surface area contributed by atoms with Gasteiger partial charge in [0, 0.05) is 73.5 Å². The number of aromatic nitrogens is 1.